The molecule has 0 atom stereocenters. The Balaban J connectivity index is 2.39. The minimum absolute atomic E-state index is 0.490. The standard InChI is InChI=1S/C13H20N4/c1-16(2)7-4-8-17(3)11-12-5-6-15-13(9-12)10-14/h5-6,9H,4,7-8,11H2,1-3H3. The third-order valence-corrected chi connectivity index (χ3v) is 2.54. The third-order valence-electron chi connectivity index (χ3n) is 2.54. The average Bonchev–Trinajstić information content (AvgIpc) is 2.28. The predicted molar refractivity (Wildman–Crippen MR) is 68.5 cm³/mol. The van der Waals surface area contributed by atoms with Gasteiger partial charge < -0.3 is 9.80 Å². The van der Waals surface area contributed by atoms with E-state index in [0.29, 0.717) is 5.69 Å². The smallest absolute Gasteiger partial charge is 0.140 e. The lowest BCUT2D eigenvalue weighted by atomic mass is 10.2. The second-order valence-corrected chi connectivity index (χ2v) is 4.56. The maximum atomic E-state index is 8.77. The summed E-state index contributed by atoms with van der Waals surface area (Å²) in [6.45, 7) is 3.02. The number of hydrogen-bond donors (Lipinski definition) is 0. The summed E-state index contributed by atoms with van der Waals surface area (Å²) < 4.78 is 0. The molecule has 0 amide bonds. The van der Waals surface area contributed by atoms with Gasteiger partial charge in [-0.15, -0.1) is 0 Å². The van der Waals surface area contributed by atoms with E-state index in [1.165, 1.54) is 0 Å². The van der Waals surface area contributed by atoms with Crippen LogP contribution in [0.1, 0.15) is 17.7 Å². The van der Waals surface area contributed by atoms with Crippen molar-refractivity contribution < 1.29 is 0 Å². The molecule has 0 aliphatic carbocycles. The first-order valence-corrected chi connectivity index (χ1v) is 5.80. The van der Waals surface area contributed by atoms with Crippen molar-refractivity contribution in [2.45, 2.75) is 13.0 Å². The van der Waals surface area contributed by atoms with Crippen LogP contribution in [0.5, 0.6) is 0 Å². The maximum absolute atomic E-state index is 8.77. The molecule has 4 heteroatoms. The first kappa shape index (κ1) is 13.6. The zero-order valence-electron chi connectivity index (χ0n) is 10.8. The van der Waals surface area contributed by atoms with Crippen molar-refractivity contribution in [1.82, 2.24) is 14.8 Å². The molecule has 4 nitrogen and oxygen atoms in total. The summed E-state index contributed by atoms with van der Waals surface area (Å²) in [4.78, 5) is 8.42. The lowest BCUT2D eigenvalue weighted by Crippen LogP contribution is -2.23. The fraction of sp³-hybridized carbons (Fsp3) is 0.538. The molecule has 17 heavy (non-hydrogen) atoms. The molecule has 0 aliphatic heterocycles. The molecule has 0 saturated heterocycles. The van der Waals surface area contributed by atoms with Crippen molar-refractivity contribution in [2.75, 3.05) is 34.2 Å². The van der Waals surface area contributed by atoms with Gasteiger partial charge in [-0.1, -0.05) is 0 Å². The molecule has 0 aliphatic rings. The van der Waals surface area contributed by atoms with Crippen LogP contribution in [0.3, 0.4) is 0 Å². The molecule has 0 unspecified atom stereocenters. The van der Waals surface area contributed by atoms with Gasteiger partial charge in [0.2, 0.25) is 0 Å². The molecular weight excluding hydrogens is 212 g/mol. The normalized spacial score (nSPS) is 10.8. The molecule has 1 aromatic rings. The number of hydrogen-bond acceptors (Lipinski definition) is 4. The van der Waals surface area contributed by atoms with E-state index in [1.54, 1.807) is 6.20 Å². The minimum atomic E-state index is 0.490. The number of nitrogens with zero attached hydrogens (tertiary/aromatic N) is 4. The van der Waals surface area contributed by atoms with Gasteiger partial charge in [0, 0.05) is 12.7 Å². The summed E-state index contributed by atoms with van der Waals surface area (Å²) in [7, 11) is 6.27. The lowest BCUT2D eigenvalue weighted by Gasteiger charge is -2.18. The first-order chi connectivity index (χ1) is 8.11. The van der Waals surface area contributed by atoms with Crippen molar-refractivity contribution >= 4 is 0 Å². The van der Waals surface area contributed by atoms with E-state index in [0.717, 1.165) is 31.6 Å². The molecule has 1 heterocycles. The largest absolute Gasteiger partial charge is 0.309 e. The zero-order chi connectivity index (χ0) is 12.7. The SMILES string of the molecule is CN(C)CCCN(C)Cc1ccnc(C#N)c1. The molecule has 0 bridgehead atoms. The Bertz CT molecular complexity index is 381. The van der Waals surface area contributed by atoms with Crippen LogP contribution in [0.4, 0.5) is 0 Å². The number of pyridine rings is 1. The van der Waals surface area contributed by atoms with E-state index in [2.05, 4.69) is 42.0 Å². The highest BCUT2D eigenvalue weighted by molar-refractivity contribution is 5.25. The fourth-order valence-electron chi connectivity index (χ4n) is 1.68. The highest BCUT2D eigenvalue weighted by Crippen LogP contribution is 2.04. The number of nitriles is 1. The van der Waals surface area contributed by atoms with Gasteiger partial charge >= 0.3 is 0 Å². The van der Waals surface area contributed by atoms with Gasteiger partial charge in [-0.05, 0) is 58.3 Å². The Morgan fingerprint density at radius 1 is 1.29 bits per heavy atom. The van der Waals surface area contributed by atoms with Crippen molar-refractivity contribution in [3.63, 3.8) is 0 Å². The van der Waals surface area contributed by atoms with Crippen LogP contribution >= 0.6 is 0 Å². The van der Waals surface area contributed by atoms with E-state index < -0.39 is 0 Å². The lowest BCUT2D eigenvalue weighted by molar-refractivity contribution is 0.294. The average molecular weight is 232 g/mol. The molecular formula is C13H20N4. The highest BCUT2D eigenvalue weighted by Gasteiger charge is 2.02. The summed E-state index contributed by atoms with van der Waals surface area (Å²) >= 11 is 0. The summed E-state index contributed by atoms with van der Waals surface area (Å²) in [6, 6.07) is 5.87. The van der Waals surface area contributed by atoms with E-state index in [1.807, 2.05) is 12.1 Å². The molecule has 1 rings (SSSR count). The van der Waals surface area contributed by atoms with Crippen LogP contribution in [-0.2, 0) is 6.54 Å². The minimum Gasteiger partial charge on any atom is -0.309 e. The summed E-state index contributed by atoms with van der Waals surface area (Å²) in [5, 5.41) is 8.77. The maximum Gasteiger partial charge on any atom is 0.140 e. The Morgan fingerprint density at radius 2 is 2.06 bits per heavy atom. The van der Waals surface area contributed by atoms with Crippen LogP contribution in [0.25, 0.3) is 0 Å². The van der Waals surface area contributed by atoms with Gasteiger partial charge in [0.1, 0.15) is 11.8 Å². The van der Waals surface area contributed by atoms with Crippen LogP contribution in [0.2, 0.25) is 0 Å². The van der Waals surface area contributed by atoms with E-state index in [4.69, 9.17) is 5.26 Å². The molecule has 0 N–H and O–H groups in total. The first-order valence-electron chi connectivity index (χ1n) is 5.80. The highest BCUT2D eigenvalue weighted by atomic mass is 15.1. The quantitative estimate of drug-likeness (QED) is 0.742. The fourth-order valence-corrected chi connectivity index (χ4v) is 1.68. The monoisotopic (exact) mass is 232 g/mol. The van der Waals surface area contributed by atoms with Crippen LogP contribution in [-0.4, -0.2) is 49.0 Å². The van der Waals surface area contributed by atoms with Crippen molar-refractivity contribution in [2.24, 2.45) is 0 Å². The molecule has 1 aromatic heterocycles. The Labute approximate surface area is 103 Å². The van der Waals surface area contributed by atoms with Gasteiger partial charge in [-0.3, -0.25) is 0 Å². The number of aromatic nitrogens is 1. The molecule has 0 saturated carbocycles. The van der Waals surface area contributed by atoms with Crippen LogP contribution < -0.4 is 0 Å². The summed E-state index contributed by atoms with van der Waals surface area (Å²) in [5.41, 5.74) is 1.63. The van der Waals surface area contributed by atoms with E-state index in [-0.39, 0.29) is 0 Å². The predicted octanol–water partition coefficient (Wildman–Crippen LogP) is 1.34. The second kappa shape index (κ2) is 7.00. The van der Waals surface area contributed by atoms with Crippen molar-refractivity contribution in [3.8, 4) is 6.07 Å². The molecule has 92 valence electrons. The Kier molecular flexibility index (Phi) is 5.61. The summed E-state index contributed by atoms with van der Waals surface area (Å²) in [6.07, 6.45) is 2.85. The summed E-state index contributed by atoms with van der Waals surface area (Å²) in [5.74, 6) is 0. The second-order valence-electron chi connectivity index (χ2n) is 4.56. The number of rotatable bonds is 6. The van der Waals surface area contributed by atoms with Crippen molar-refractivity contribution in [1.29, 1.82) is 5.26 Å². The van der Waals surface area contributed by atoms with Gasteiger partial charge in [-0.2, -0.15) is 5.26 Å². The molecule has 0 radical (unpaired) electrons. The van der Waals surface area contributed by atoms with Crippen molar-refractivity contribution in [3.05, 3.63) is 29.6 Å². The van der Waals surface area contributed by atoms with E-state index >= 15 is 0 Å². The third kappa shape index (κ3) is 5.43. The van der Waals surface area contributed by atoms with Gasteiger partial charge in [0.25, 0.3) is 0 Å². The topological polar surface area (TPSA) is 43.2 Å². The van der Waals surface area contributed by atoms with Gasteiger partial charge in [-0.25, -0.2) is 4.98 Å². The van der Waals surface area contributed by atoms with Crippen LogP contribution in [0.15, 0.2) is 18.3 Å². The van der Waals surface area contributed by atoms with Gasteiger partial charge in [0.15, 0.2) is 0 Å². The van der Waals surface area contributed by atoms with Gasteiger partial charge in [0.05, 0.1) is 0 Å². The molecule has 0 aromatic carbocycles. The Morgan fingerprint density at radius 3 is 2.71 bits per heavy atom. The van der Waals surface area contributed by atoms with Crippen LogP contribution in [0, 0.1) is 11.3 Å². The Hall–Kier alpha value is -1.44. The van der Waals surface area contributed by atoms with E-state index in [9.17, 15) is 0 Å². The molecule has 0 fully saturated rings. The zero-order valence-corrected chi connectivity index (χ0v) is 10.8. The molecule has 0 spiro atoms.